The summed E-state index contributed by atoms with van der Waals surface area (Å²) in [6.07, 6.45) is 6.86. The second-order valence-corrected chi connectivity index (χ2v) is 6.20. The first-order valence-corrected chi connectivity index (χ1v) is 7.17. The van der Waals surface area contributed by atoms with Crippen LogP contribution in [0.25, 0.3) is 0 Å². The van der Waals surface area contributed by atoms with Crippen LogP contribution in [0.3, 0.4) is 0 Å². The standard InChI is InChI=1S/C13H19N3OS/c1-9-3-2-4-11(7-9)18-12-8-10(5-6-15-12)13(14)16-17/h5-6,8-9,11,17H,2-4,7H2,1H3,(H2,14,16). The zero-order valence-electron chi connectivity index (χ0n) is 10.5. The van der Waals surface area contributed by atoms with Crippen LogP contribution >= 0.6 is 11.8 Å². The largest absolute Gasteiger partial charge is 0.409 e. The van der Waals surface area contributed by atoms with E-state index in [4.69, 9.17) is 10.9 Å². The smallest absolute Gasteiger partial charge is 0.170 e. The van der Waals surface area contributed by atoms with E-state index in [9.17, 15) is 0 Å². The van der Waals surface area contributed by atoms with Gasteiger partial charge in [0.05, 0.1) is 5.03 Å². The van der Waals surface area contributed by atoms with E-state index in [1.54, 1.807) is 12.3 Å². The van der Waals surface area contributed by atoms with Crippen LogP contribution in [-0.4, -0.2) is 21.3 Å². The molecule has 18 heavy (non-hydrogen) atoms. The van der Waals surface area contributed by atoms with Gasteiger partial charge < -0.3 is 10.9 Å². The molecule has 1 heterocycles. The van der Waals surface area contributed by atoms with E-state index >= 15 is 0 Å². The van der Waals surface area contributed by atoms with E-state index in [-0.39, 0.29) is 5.84 Å². The van der Waals surface area contributed by atoms with Crippen LogP contribution in [0.15, 0.2) is 28.5 Å². The summed E-state index contributed by atoms with van der Waals surface area (Å²) in [5.74, 6) is 0.944. The van der Waals surface area contributed by atoms with E-state index in [2.05, 4.69) is 17.1 Å². The summed E-state index contributed by atoms with van der Waals surface area (Å²) < 4.78 is 0. The quantitative estimate of drug-likeness (QED) is 0.381. The number of rotatable bonds is 3. The fraction of sp³-hybridized carbons (Fsp3) is 0.538. The van der Waals surface area contributed by atoms with Crippen molar-refractivity contribution in [1.82, 2.24) is 4.98 Å². The normalized spacial score (nSPS) is 25.1. The van der Waals surface area contributed by atoms with E-state index in [0.717, 1.165) is 16.5 Å². The molecule has 0 spiro atoms. The number of hydrogen-bond donors (Lipinski definition) is 2. The minimum absolute atomic E-state index is 0.135. The topological polar surface area (TPSA) is 71.5 Å². The molecule has 1 saturated carbocycles. The molecule has 0 amide bonds. The molecule has 2 unspecified atom stereocenters. The van der Waals surface area contributed by atoms with Crippen molar-refractivity contribution >= 4 is 17.6 Å². The number of thioether (sulfide) groups is 1. The Kier molecular flexibility index (Phi) is 4.47. The zero-order valence-corrected chi connectivity index (χ0v) is 11.4. The molecule has 1 aliphatic rings. The van der Waals surface area contributed by atoms with Crippen LogP contribution in [-0.2, 0) is 0 Å². The average molecular weight is 265 g/mol. The lowest BCUT2D eigenvalue weighted by molar-refractivity contribution is 0.318. The molecule has 1 aromatic rings. The molecule has 4 nitrogen and oxygen atoms in total. The minimum atomic E-state index is 0.135. The van der Waals surface area contributed by atoms with Gasteiger partial charge in [-0.1, -0.05) is 24.9 Å². The van der Waals surface area contributed by atoms with Gasteiger partial charge in [-0.05, 0) is 30.9 Å². The summed E-state index contributed by atoms with van der Waals surface area (Å²) in [4.78, 5) is 4.35. The Morgan fingerprint density at radius 3 is 3.11 bits per heavy atom. The third-order valence-electron chi connectivity index (χ3n) is 3.31. The summed E-state index contributed by atoms with van der Waals surface area (Å²) in [5, 5.41) is 13.3. The molecule has 0 radical (unpaired) electrons. The highest BCUT2D eigenvalue weighted by Gasteiger charge is 2.20. The van der Waals surface area contributed by atoms with Crippen LogP contribution in [0.1, 0.15) is 38.2 Å². The number of pyridine rings is 1. The van der Waals surface area contributed by atoms with Gasteiger partial charge >= 0.3 is 0 Å². The summed E-state index contributed by atoms with van der Waals surface area (Å²) in [6, 6.07) is 3.64. The molecule has 1 aliphatic carbocycles. The molecule has 2 rings (SSSR count). The fourth-order valence-electron chi connectivity index (χ4n) is 2.35. The summed E-state index contributed by atoms with van der Waals surface area (Å²) in [7, 11) is 0. The molecule has 98 valence electrons. The number of nitrogens with zero attached hydrogens (tertiary/aromatic N) is 2. The first kappa shape index (κ1) is 13.2. The number of oxime groups is 1. The lowest BCUT2D eigenvalue weighted by atomic mass is 9.91. The number of aromatic nitrogens is 1. The highest BCUT2D eigenvalue weighted by Crippen LogP contribution is 2.35. The van der Waals surface area contributed by atoms with E-state index < -0.39 is 0 Å². The number of nitrogens with two attached hydrogens (primary N) is 1. The SMILES string of the molecule is CC1CCCC(Sc2cc(C(N)=NO)ccn2)C1. The van der Waals surface area contributed by atoms with E-state index in [1.165, 1.54) is 25.7 Å². The molecule has 1 fully saturated rings. The van der Waals surface area contributed by atoms with Crippen molar-refractivity contribution in [3.8, 4) is 0 Å². The Bertz CT molecular complexity index is 436. The maximum Gasteiger partial charge on any atom is 0.170 e. The van der Waals surface area contributed by atoms with Crippen molar-refractivity contribution in [1.29, 1.82) is 0 Å². The molecule has 0 saturated heterocycles. The van der Waals surface area contributed by atoms with Gasteiger partial charge in [-0.2, -0.15) is 0 Å². The van der Waals surface area contributed by atoms with Crippen LogP contribution in [0.4, 0.5) is 0 Å². The monoisotopic (exact) mass is 265 g/mol. The maximum absolute atomic E-state index is 8.67. The first-order chi connectivity index (χ1) is 8.69. The van der Waals surface area contributed by atoms with Crippen LogP contribution in [0, 0.1) is 5.92 Å². The summed E-state index contributed by atoms with van der Waals surface area (Å²) in [6.45, 7) is 2.31. The lowest BCUT2D eigenvalue weighted by Gasteiger charge is -2.25. The maximum atomic E-state index is 8.67. The lowest BCUT2D eigenvalue weighted by Crippen LogP contribution is -2.16. The van der Waals surface area contributed by atoms with Crippen molar-refractivity contribution in [2.75, 3.05) is 0 Å². The van der Waals surface area contributed by atoms with Crippen molar-refractivity contribution in [3.63, 3.8) is 0 Å². The Hall–Kier alpha value is -1.23. The summed E-state index contributed by atoms with van der Waals surface area (Å²) >= 11 is 1.81. The van der Waals surface area contributed by atoms with Gasteiger partial charge in [0.2, 0.25) is 0 Å². The fourth-order valence-corrected chi connectivity index (χ4v) is 3.71. The highest BCUT2D eigenvalue weighted by atomic mass is 32.2. The van der Waals surface area contributed by atoms with Gasteiger partial charge in [-0.15, -0.1) is 11.8 Å². The molecule has 0 aliphatic heterocycles. The van der Waals surface area contributed by atoms with Crippen molar-refractivity contribution < 1.29 is 5.21 Å². The van der Waals surface area contributed by atoms with Gasteiger partial charge in [0, 0.05) is 17.0 Å². The van der Waals surface area contributed by atoms with Gasteiger partial charge in [0.25, 0.3) is 0 Å². The van der Waals surface area contributed by atoms with Crippen LogP contribution in [0.2, 0.25) is 0 Å². The Labute approximate surface area is 112 Å². The third kappa shape index (κ3) is 3.38. The molecule has 5 heteroatoms. The Balaban J connectivity index is 2.05. The third-order valence-corrected chi connectivity index (χ3v) is 4.54. The molecular weight excluding hydrogens is 246 g/mol. The zero-order chi connectivity index (χ0) is 13.0. The Morgan fingerprint density at radius 2 is 2.39 bits per heavy atom. The summed E-state index contributed by atoms with van der Waals surface area (Å²) in [5.41, 5.74) is 6.30. The average Bonchev–Trinajstić information content (AvgIpc) is 2.38. The van der Waals surface area contributed by atoms with Gasteiger partial charge in [-0.3, -0.25) is 0 Å². The Morgan fingerprint density at radius 1 is 1.56 bits per heavy atom. The number of amidine groups is 1. The van der Waals surface area contributed by atoms with Gasteiger partial charge in [-0.25, -0.2) is 4.98 Å². The molecule has 2 atom stereocenters. The highest BCUT2D eigenvalue weighted by molar-refractivity contribution is 7.99. The number of hydrogen-bond acceptors (Lipinski definition) is 4. The van der Waals surface area contributed by atoms with Gasteiger partial charge in [0.15, 0.2) is 5.84 Å². The van der Waals surface area contributed by atoms with Crippen LogP contribution < -0.4 is 5.73 Å². The van der Waals surface area contributed by atoms with E-state index in [0.29, 0.717) is 5.25 Å². The second kappa shape index (κ2) is 6.09. The molecule has 0 bridgehead atoms. The van der Waals surface area contributed by atoms with Gasteiger partial charge in [0.1, 0.15) is 0 Å². The molecule has 1 aromatic heterocycles. The van der Waals surface area contributed by atoms with Crippen molar-refractivity contribution in [3.05, 3.63) is 23.9 Å². The second-order valence-electron chi connectivity index (χ2n) is 4.88. The molecule has 0 aromatic carbocycles. The molecular formula is C13H19N3OS. The minimum Gasteiger partial charge on any atom is -0.409 e. The first-order valence-electron chi connectivity index (χ1n) is 6.29. The van der Waals surface area contributed by atoms with Crippen molar-refractivity contribution in [2.45, 2.75) is 42.9 Å². The predicted octanol–water partition coefficient (Wildman–Crippen LogP) is 2.85. The molecule has 3 N–H and O–H groups in total. The van der Waals surface area contributed by atoms with Crippen LogP contribution in [0.5, 0.6) is 0 Å². The predicted molar refractivity (Wildman–Crippen MR) is 74.0 cm³/mol. The van der Waals surface area contributed by atoms with Crippen molar-refractivity contribution in [2.24, 2.45) is 16.8 Å². The van der Waals surface area contributed by atoms with E-state index in [1.807, 2.05) is 17.8 Å².